The molecular formula is C15H26O2S2. The third-order valence-corrected chi connectivity index (χ3v) is 7.09. The zero-order valence-corrected chi connectivity index (χ0v) is 14.2. The molecule has 4 heteroatoms. The summed E-state index contributed by atoms with van der Waals surface area (Å²) in [4.78, 5) is 0. The number of ether oxygens (including phenoxy) is 2. The fourth-order valence-electron chi connectivity index (χ4n) is 2.58. The van der Waals surface area contributed by atoms with E-state index in [1.54, 1.807) is 0 Å². The van der Waals surface area contributed by atoms with Crippen LogP contribution in [-0.4, -0.2) is 34.1 Å². The molecule has 2 heterocycles. The first-order chi connectivity index (χ1) is 8.81. The Morgan fingerprint density at radius 3 is 2.47 bits per heavy atom. The van der Waals surface area contributed by atoms with Crippen molar-refractivity contribution in [3.63, 3.8) is 0 Å². The average Bonchev–Trinajstić information content (AvgIpc) is 2.69. The third-order valence-electron chi connectivity index (χ3n) is 3.88. The fraction of sp³-hybridized carbons (Fsp3) is 0.867. The van der Waals surface area contributed by atoms with Crippen LogP contribution in [0.4, 0.5) is 0 Å². The number of hydrogen-bond acceptors (Lipinski definition) is 4. The van der Waals surface area contributed by atoms with Crippen molar-refractivity contribution in [1.82, 2.24) is 0 Å². The van der Waals surface area contributed by atoms with E-state index in [2.05, 4.69) is 44.0 Å². The summed E-state index contributed by atoms with van der Waals surface area (Å²) in [5.74, 6) is 2.49. The predicted molar refractivity (Wildman–Crippen MR) is 85.8 cm³/mol. The Kier molecular flexibility index (Phi) is 4.97. The number of thioether (sulfide) groups is 2. The molecule has 2 aliphatic rings. The Hall–Kier alpha value is 0.360. The van der Waals surface area contributed by atoms with Crippen LogP contribution in [0.25, 0.3) is 0 Å². The molecule has 0 aromatic rings. The lowest BCUT2D eigenvalue weighted by atomic mass is 9.93. The summed E-state index contributed by atoms with van der Waals surface area (Å²) in [6, 6.07) is 0. The highest BCUT2D eigenvalue weighted by molar-refractivity contribution is 8.18. The van der Waals surface area contributed by atoms with E-state index in [0.717, 1.165) is 6.42 Å². The lowest BCUT2D eigenvalue weighted by Crippen LogP contribution is -2.29. The van der Waals surface area contributed by atoms with Crippen LogP contribution < -0.4 is 0 Å². The van der Waals surface area contributed by atoms with Gasteiger partial charge in [-0.25, -0.2) is 0 Å². The van der Waals surface area contributed by atoms with Crippen LogP contribution in [0, 0.1) is 5.92 Å². The summed E-state index contributed by atoms with van der Waals surface area (Å²) >= 11 is 4.17. The molecule has 110 valence electrons. The highest BCUT2D eigenvalue weighted by atomic mass is 32.2. The largest absolute Gasteiger partial charge is 0.348 e. The molecule has 2 aliphatic heterocycles. The van der Waals surface area contributed by atoms with E-state index in [4.69, 9.17) is 9.47 Å². The Morgan fingerprint density at radius 1 is 1.32 bits per heavy atom. The molecule has 0 aromatic heterocycles. The van der Waals surface area contributed by atoms with Crippen molar-refractivity contribution >= 4 is 23.5 Å². The first-order valence-corrected chi connectivity index (χ1v) is 9.06. The van der Waals surface area contributed by atoms with Crippen LogP contribution in [0.15, 0.2) is 12.2 Å². The summed E-state index contributed by atoms with van der Waals surface area (Å²) in [6.45, 7) is 13.6. The first-order valence-electron chi connectivity index (χ1n) is 7.09. The molecule has 0 amide bonds. The fourth-order valence-corrected chi connectivity index (χ4v) is 5.61. The van der Waals surface area contributed by atoms with Crippen molar-refractivity contribution in [2.45, 2.75) is 56.5 Å². The topological polar surface area (TPSA) is 18.5 Å². The summed E-state index contributed by atoms with van der Waals surface area (Å²) in [6.07, 6.45) is 2.56. The lowest BCUT2D eigenvalue weighted by molar-refractivity contribution is -0.142. The molecule has 19 heavy (non-hydrogen) atoms. The normalized spacial score (nSPS) is 31.1. The first kappa shape index (κ1) is 15.7. The highest BCUT2D eigenvalue weighted by Gasteiger charge is 2.38. The van der Waals surface area contributed by atoms with Gasteiger partial charge in [-0.3, -0.25) is 0 Å². The monoisotopic (exact) mass is 302 g/mol. The molecule has 1 unspecified atom stereocenters. The van der Waals surface area contributed by atoms with Gasteiger partial charge in [0.25, 0.3) is 0 Å². The molecule has 2 saturated heterocycles. The van der Waals surface area contributed by atoms with Gasteiger partial charge in [0.2, 0.25) is 0 Å². The van der Waals surface area contributed by atoms with Crippen molar-refractivity contribution in [2.75, 3.05) is 18.1 Å². The Balaban J connectivity index is 1.89. The van der Waals surface area contributed by atoms with Gasteiger partial charge in [0.15, 0.2) is 5.79 Å². The van der Waals surface area contributed by atoms with Crippen LogP contribution in [0.5, 0.6) is 0 Å². The van der Waals surface area contributed by atoms with Gasteiger partial charge in [-0.15, -0.1) is 23.5 Å². The molecular weight excluding hydrogens is 276 g/mol. The second kappa shape index (κ2) is 6.00. The second-order valence-electron chi connectivity index (χ2n) is 6.18. The molecule has 2 atom stereocenters. The van der Waals surface area contributed by atoms with E-state index in [1.807, 2.05) is 13.8 Å². The second-order valence-corrected chi connectivity index (χ2v) is 9.63. The molecule has 0 radical (unpaired) electrons. The zero-order chi connectivity index (χ0) is 14.1. The molecule has 0 bridgehead atoms. The summed E-state index contributed by atoms with van der Waals surface area (Å²) in [5, 5.41) is 0. The molecule has 0 N–H and O–H groups in total. The van der Waals surface area contributed by atoms with Gasteiger partial charge in [-0.05, 0) is 45.1 Å². The minimum absolute atomic E-state index is 0.157. The molecule has 0 saturated carbocycles. The van der Waals surface area contributed by atoms with E-state index >= 15 is 0 Å². The maximum absolute atomic E-state index is 5.96. The van der Waals surface area contributed by atoms with E-state index in [-0.39, 0.29) is 6.10 Å². The molecule has 2 fully saturated rings. The summed E-state index contributed by atoms with van der Waals surface area (Å²) in [5.41, 5.74) is 1.30. The maximum atomic E-state index is 5.96. The molecule has 0 aliphatic carbocycles. The van der Waals surface area contributed by atoms with Gasteiger partial charge >= 0.3 is 0 Å². The van der Waals surface area contributed by atoms with Gasteiger partial charge in [0.05, 0.1) is 16.8 Å². The Bertz CT molecular complexity index is 335. The van der Waals surface area contributed by atoms with E-state index in [9.17, 15) is 0 Å². The molecule has 0 spiro atoms. The SMILES string of the molecule is C=C(CC1(C)SCCCS1)C(C)[C@H]1COC(C)(C)O1. The van der Waals surface area contributed by atoms with Crippen molar-refractivity contribution in [3.8, 4) is 0 Å². The number of hydrogen-bond donors (Lipinski definition) is 0. The maximum Gasteiger partial charge on any atom is 0.163 e. The van der Waals surface area contributed by atoms with Crippen LogP contribution >= 0.6 is 23.5 Å². The van der Waals surface area contributed by atoms with Gasteiger partial charge in [0, 0.05) is 5.92 Å². The van der Waals surface area contributed by atoms with Crippen LogP contribution in [0.2, 0.25) is 0 Å². The van der Waals surface area contributed by atoms with E-state index in [1.165, 1.54) is 23.5 Å². The summed E-state index contributed by atoms with van der Waals surface area (Å²) in [7, 11) is 0. The quantitative estimate of drug-likeness (QED) is 0.720. The minimum Gasteiger partial charge on any atom is -0.348 e. The van der Waals surface area contributed by atoms with Crippen molar-refractivity contribution in [2.24, 2.45) is 5.92 Å². The Labute approximate surface area is 126 Å². The smallest absolute Gasteiger partial charge is 0.163 e. The Morgan fingerprint density at radius 2 is 1.95 bits per heavy atom. The zero-order valence-electron chi connectivity index (χ0n) is 12.5. The molecule has 2 nitrogen and oxygen atoms in total. The standard InChI is InChI=1S/C15H26O2S2/c1-11(9-15(5)18-7-6-8-19-15)12(2)13-10-16-14(3,4)17-13/h12-13H,1,6-10H2,2-5H3/t12?,13-/m1/s1. The van der Waals surface area contributed by atoms with Gasteiger partial charge in [0.1, 0.15) is 0 Å². The van der Waals surface area contributed by atoms with E-state index in [0.29, 0.717) is 16.6 Å². The minimum atomic E-state index is -0.433. The molecule has 2 rings (SSSR count). The van der Waals surface area contributed by atoms with Gasteiger partial charge in [-0.1, -0.05) is 19.1 Å². The van der Waals surface area contributed by atoms with Gasteiger partial charge < -0.3 is 9.47 Å². The van der Waals surface area contributed by atoms with Crippen molar-refractivity contribution < 1.29 is 9.47 Å². The van der Waals surface area contributed by atoms with Gasteiger partial charge in [-0.2, -0.15) is 0 Å². The number of rotatable bonds is 4. The van der Waals surface area contributed by atoms with Crippen LogP contribution in [-0.2, 0) is 9.47 Å². The average molecular weight is 303 g/mol. The molecule has 0 aromatic carbocycles. The summed E-state index contributed by atoms with van der Waals surface area (Å²) < 4.78 is 11.9. The van der Waals surface area contributed by atoms with Crippen molar-refractivity contribution in [3.05, 3.63) is 12.2 Å². The predicted octanol–water partition coefficient (Wildman–Crippen LogP) is 4.31. The van der Waals surface area contributed by atoms with E-state index < -0.39 is 5.79 Å². The highest BCUT2D eigenvalue weighted by Crippen LogP contribution is 2.47. The third kappa shape index (κ3) is 4.16. The van der Waals surface area contributed by atoms with Crippen LogP contribution in [0.1, 0.15) is 40.5 Å². The van der Waals surface area contributed by atoms with Crippen molar-refractivity contribution in [1.29, 1.82) is 0 Å². The van der Waals surface area contributed by atoms with Crippen LogP contribution in [0.3, 0.4) is 0 Å². The lowest BCUT2D eigenvalue weighted by Gasteiger charge is -2.35.